The van der Waals surface area contributed by atoms with Crippen LogP contribution in [0, 0.1) is 5.92 Å². The van der Waals surface area contributed by atoms with Crippen molar-refractivity contribution in [3.05, 3.63) is 23.8 Å². The van der Waals surface area contributed by atoms with Gasteiger partial charge in [0.1, 0.15) is 0 Å². The summed E-state index contributed by atoms with van der Waals surface area (Å²) in [4.78, 5) is 7.42. The molecule has 6 nitrogen and oxygen atoms in total. The molecular weight excluding hydrogens is 378 g/mol. The number of benzene rings is 1. The van der Waals surface area contributed by atoms with Gasteiger partial charge in [0.2, 0.25) is 0 Å². The van der Waals surface area contributed by atoms with Crippen LogP contribution in [0.5, 0.6) is 11.5 Å². The zero-order chi connectivity index (χ0) is 21.4. The maximum atomic E-state index is 5.60. The summed E-state index contributed by atoms with van der Waals surface area (Å²) in [5.74, 6) is 3.17. The minimum Gasteiger partial charge on any atom is -0.493 e. The summed E-state index contributed by atoms with van der Waals surface area (Å²) in [6.07, 6.45) is 7.25. The molecule has 1 atom stereocenters. The summed E-state index contributed by atoms with van der Waals surface area (Å²) in [7, 11) is 5.54. The van der Waals surface area contributed by atoms with Crippen LogP contribution in [0.3, 0.4) is 0 Å². The first-order valence-corrected chi connectivity index (χ1v) is 11.4. The van der Waals surface area contributed by atoms with E-state index in [2.05, 4.69) is 36.3 Å². The van der Waals surface area contributed by atoms with Gasteiger partial charge in [-0.1, -0.05) is 25.3 Å². The van der Waals surface area contributed by atoms with Gasteiger partial charge in [0.25, 0.3) is 0 Å². The first-order valence-electron chi connectivity index (χ1n) is 11.4. The number of guanidine groups is 1. The van der Waals surface area contributed by atoms with Crippen molar-refractivity contribution in [2.24, 2.45) is 10.9 Å². The second-order valence-corrected chi connectivity index (χ2v) is 8.69. The summed E-state index contributed by atoms with van der Waals surface area (Å²) in [5, 5.41) is 3.50. The third-order valence-corrected chi connectivity index (χ3v) is 6.59. The Labute approximate surface area is 182 Å². The standard InChI is InChI=1S/C24H39N3O3/c1-5-25-23(27(2)16-19-11-14-30-17-19)26-18-24(12-7-6-8-13-24)20-9-10-21(28-3)22(15-20)29-4/h9-10,15,19H,5-8,11-14,16-18H2,1-4H3,(H,25,26). The van der Waals surface area contributed by atoms with Crippen LogP contribution in [0.4, 0.5) is 0 Å². The zero-order valence-electron chi connectivity index (χ0n) is 19.2. The summed E-state index contributed by atoms with van der Waals surface area (Å²) in [5.41, 5.74) is 1.36. The maximum absolute atomic E-state index is 5.60. The number of rotatable bonds is 8. The van der Waals surface area contributed by atoms with Crippen LogP contribution < -0.4 is 14.8 Å². The lowest BCUT2D eigenvalue weighted by Gasteiger charge is -2.37. The average molecular weight is 418 g/mol. The highest BCUT2D eigenvalue weighted by Gasteiger charge is 2.35. The fourth-order valence-electron chi connectivity index (χ4n) is 4.83. The zero-order valence-corrected chi connectivity index (χ0v) is 19.2. The fourth-order valence-corrected chi connectivity index (χ4v) is 4.83. The molecule has 0 aromatic heterocycles. The molecule has 2 aliphatic rings. The lowest BCUT2D eigenvalue weighted by atomic mass is 9.69. The highest BCUT2D eigenvalue weighted by atomic mass is 16.5. The Morgan fingerprint density at radius 2 is 1.97 bits per heavy atom. The lowest BCUT2D eigenvalue weighted by molar-refractivity contribution is 0.181. The predicted octanol–water partition coefficient (Wildman–Crippen LogP) is 3.84. The van der Waals surface area contributed by atoms with Crippen molar-refractivity contribution in [2.45, 2.75) is 50.9 Å². The van der Waals surface area contributed by atoms with Gasteiger partial charge in [0, 0.05) is 38.1 Å². The van der Waals surface area contributed by atoms with E-state index in [9.17, 15) is 0 Å². The van der Waals surface area contributed by atoms with Crippen molar-refractivity contribution in [3.63, 3.8) is 0 Å². The Morgan fingerprint density at radius 1 is 1.20 bits per heavy atom. The van der Waals surface area contributed by atoms with Crippen LogP contribution in [-0.2, 0) is 10.2 Å². The van der Waals surface area contributed by atoms with E-state index in [1.165, 1.54) is 24.8 Å². The van der Waals surface area contributed by atoms with Crippen molar-refractivity contribution in [3.8, 4) is 11.5 Å². The van der Waals surface area contributed by atoms with Crippen molar-refractivity contribution in [2.75, 3.05) is 54.1 Å². The Morgan fingerprint density at radius 3 is 2.60 bits per heavy atom. The Bertz CT molecular complexity index is 695. The van der Waals surface area contributed by atoms with Gasteiger partial charge < -0.3 is 24.4 Å². The maximum Gasteiger partial charge on any atom is 0.193 e. The number of hydrogen-bond acceptors (Lipinski definition) is 4. The largest absolute Gasteiger partial charge is 0.493 e. The van der Waals surface area contributed by atoms with Crippen LogP contribution in [0.25, 0.3) is 0 Å². The van der Waals surface area contributed by atoms with Gasteiger partial charge in [0.15, 0.2) is 17.5 Å². The minimum atomic E-state index is 0.0514. The lowest BCUT2D eigenvalue weighted by Crippen LogP contribution is -2.43. The van der Waals surface area contributed by atoms with Gasteiger partial charge >= 0.3 is 0 Å². The van der Waals surface area contributed by atoms with E-state index in [1.54, 1.807) is 14.2 Å². The average Bonchev–Trinajstić information content (AvgIpc) is 3.29. The Kier molecular flexibility index (Phi) is 8.25. The Balaban J connectivity index is 1.83. The van der Waals surface area contributed by atoms with Gasteiger partial charge in [0.05, 0.1) is 27.4 Å². The van der Waals surface area contributed by atoms with Gasteiger partial charge in [-0.05, 0) is 43.9 Å². The molecule has 0 spiro atoms. The minimum absolute atomic E-state index is 0.0514. The number of aliphatic imine (C=N–C) groups is 1. The van der Waals surface area contributed by atoms with E-state index in [-0.39, 0.29) is 5.41 Å². The van der Waals surface area contributed by atoms with E-state index in [0.29, 0.717) is 5.92 Å². The number of nitrogens with one attached hydrogen (secondary N) is 1. The number of ether oxygens (including phenoxy) is 3. The smallest absolute Gasteiger partial charge is 0.193 e. The highest BCUT2D eigenvalue weighted by molar-refractivity contribution is 5.79. The second kappa shape index (κ2) is 10.9. The van der Waals surface area contributed by atoms with Crippen LogP contribution >= 0.6 is 0 Å². The molecular formula is C24H39N3O3. The van der Waals surface area contributed by atoms with Crippen molar-refractivity contribution in [1.82, 2.24) is 10.2 Å². The molecule has 0 bridgehead atoms. The van der Waals surface area contributed by atoms with Gasteiger partial charge in [-0.2, -0.15) is 0 Å². The van der Waals surface area contributed by atoms with E-state index in [1.807, 2.05) is 6.07 Å². The van der Waals surface area contributed by atoms with Gasteiger partial charge in [-0.3, -0.25) is 4.99 Å². The number of hydrogen-bond donors (Lipinski definition) is 1. The molecule has 168 valence electrons. The summed E-state index contributed by atoms with van der Waals surface area (Å²) < 4.78 is 16.6. The topological polar surface area (TPSA) is 55.3 Å². The SMILES string of the molecule is CCNC(=NCC1(c2ccc(OC)c(OC)c2)CCCCC1)N(C)CC1CCOC1. The molecule has 1 heterocycles. The van der Waals surface area contributed by atoms with E-state index >= 15 is 0 Å². The summed E-state index contributed by atoms with van der Waals surface area (Å²) in [6.45, 7) is 6.51. The molecule has 1 aromatic rings. The van der Waals surface area contributed by atoms with Crippen LogP contribution in [0.1, 0.15) is 51.0 Å². The third kappa shape index (κ3) is 5.39. The molecule has 30 heavy (non-hydrogen) atoms. The number of nitrogens with zero attached hydrogens (tertiary/aromatic N) is 2. The van der Waals surface area contributed by atoms with E-state index in [4.69, 9.17) is 19.2 Å². The van der Waals surface area contributed by atoms with Crippen molar-refractivity contribution >= 4 is 5.96 Å². The molecule has 6 heteroatoms. The molecule has 2 fully saturated rings. The molecule has 1 aliphatic carbocycles. The third-order valence-electron chi connectivity index (χ3n) is 6.59. The van der Waals surface area contributed by atoms with Crippen LogP contribution in [0.15, 0.2) is 23.2 Å². The monoisotopic (exact) mass is 417 g/mol. The van der Waals surface area contributed by atoms with Gasteiger partial charge in [-0.25, -0.2) is 0 Å². The predicted molar refractivity (Wildman–Crippen MR) is 122 cm³/mol. The molecule has 1 saturated heterocycles. The molecule has 1 N–H and O–H groups in total. The molecule has 0 radical (unpaired) electrons. The highest BCUT2D eigenvalue weighted by Crippen LogP contribution is 2.42. The van der Waals surface area contributed by atoms with E-state index in [0.717, 1.165) is 69.6 Å². The molecule has 1 saturated carbocycles. The number of methoxy groups -OCH3 is 2. The second-order valence-electron chi connectivity index (χ2n) is 8.69. The Hall–Kier alpha value is -1.95. The first kappa shape index (κ1) is 22.7. The quantitative estimate of drug-likeness (QED) is 0.514. The molecule has 3 rings (SSSR count). The van der Waals surface area contributed by atoms with Crippen LogP contribution in [-0.4, -0.2) is 65.0 Å². The fraction of sp³-hybridized carbons (Fsp3) is 0.708. The first-order chi connectivity index (χ1) is 14.6. The van der Waals surface area contributed by atoms with Crippen LogP contribution in [0.2, 0.25) is 0 Å². The van der Waals surface area contributed by atoms with Gasteiger partial charge in [-0.15, -0.1) is 0 Å². The van der Waals surface area contributed by atoms with E-state index < -0.39 is 0 Å². The molecule has 1 unspecified atom stereocenters. The van der Waals surface area contributed by atoms with Crippen molar-refractivity contribution in [1.29, 1.82) is 0 Å². The normalized spacial score (nSPS) is 21.3. The summed E-state index contributed by atoms with van der Waals surface area (Å²) in [6, 6.07) is 6.40. The van der Waals surface area contributed by atoms with Crippen molar-refractivity contribution < 1.29 is 14.2 Å². The molecule has 1 aliphatic heterocycles. The molecule has 1 aromatic carbocycles. The summed E-state index contributed by atoms with van der Waals surface area (Å²) >= 11 is 0. The molecule has 0 amide bonds.